The normalized spacial score (nSPS) is 16.8. The molecule has 3 aromatic rings. The van der Waals surface area contributed by atoms with Crippen LogP contribution in [0.2, 0.25) is 5.02 Å². The summed E-state index contributed by atoms with van der Waals surface area (Å²) in [6, 6.07) is 10.3. The summed E-state index contributed by atoms with van der Waals surface area (Å²) in [5.74, 6) is -0.926. The van der Waals surface area contributed by atoms with Gasteiger partial charge in [0.1, 0.15) is 11.6 Å². The van der Waals surface area contributed by atoms with E-state index in [9.17, 15) is 13.6 Å². The molecule has 0 N–H and O–H groups in total. The van der Waals surface area contributed by atoms with E-state index >= 15 is 0 Å². The highest BCUT2D eigenvalue weighted by atomic mass is 35.5. The fourth-order valence-electron chi connectivity index (χ4n) is 3.65. The Hall–Kier alpha value is -2.80. The molecule has 1 atom stereocenters. The van der Waals surface area contributed by atoms with Crippen molar-refractivity contribution in [2.24, 2.45) is 0 Å². The first kappa shape index (κ1) is 19.5. The number of benzene rings is 2. The Bertz CT molecular complexity index is 1020. The van der Waals surface area contributed by atoms with E-state index in [1.165, 1.54) is 28.9 Å². The number of carbonyl (C=O) groups is 1. The summed E-state index contributed by atoms with van der Waals surface area (Å²) in [5.41, 5.74) is 1.82. The lowest BCUT2D eigenvalue weighted by Gasteiger charge is -2.35. The van der Waals surface area contributed by atoms with Crippen molar-refractivity contribution in [3.05, 3.63) is 82.1 Å². The van der Waals surface area contributed by atoms with Gasteiger partial charge in [-0.3, -0.25) is 4.79 Å². The van der Waals surface area contributed by atoms with E-state index in [-0.39, 0.29) is 30.0 Å². The van der Waals surface area contributed by atoms with E-state index in [1.54, 1.807) is 29.3 Å². The summed E-state index contributed by atoms with van der Waals surface area (Å²) in [5, 5.41) is 8.33. The Morgan fingerprint density at radius 3 is 2.62 bits per heavy atom. The predicted molar refractivity (Wildman–Crippen MR) is 105 cm³/mol. The van der Waals surface area contributed by atoms with Gasteiger partial charge in [0.25, 0.3) is 5.91 Å². The topological polar surface area (TPSA) is 51.0 Å². The van der Waals surface area contributed by atoms with E-state index in [0.717, 1.165) is 24.8 Å². The highest BCUT2D eigenvalue weighted by Gasteiger charge is 2.30. The maximum atomic E-state index is 13.3. The van der Waals surface area contributed by atoms with Gasteiger partial charge in [-0.2, -0.15) is 0 Å². The standard InChI is InChI=1S/C21H19ClF2N4O/c22-18-11-17(24)9-6-15(18)12-27-13-19(25-26-27)21(29)28-10-2-1-3-20(28)14-4-7-16(23)8-5-14/h4-9,11,13,20H,1-3,10,12H2. The molecule has 1 aromatic heterocycles. The SMILES string of the molecule is O=C(c1cn(Cc2ccc(F)cc2Cl)nn1)N1CCCCC1c1ccc(F)cc1. The Morgan fingerprint density at radius 2 is 1.86 bits per heavy atom. The first-order chi connectivity index (χ1) is 14.0. The van der Waals surface area contributed by atoms with Gasteiger partial charge in [-0.15, -0.1) is 5.10 Å². The molecule has 1 amide bonds. The van der Waals surface area contributed by atoms with Crippen LogP contribution in [0.4, 0.5) is 8.78 Å². The van der Waals surface area contributed by atoms with E-state index < -0.39 is 5.82 Å². The van der Waals surface area contributed by atoms with Crippen molar-refractivity contribution in [1.29, 1.82) is 0 Å². The number of rotatable bonds is 4. The van der Waals surface area contributed by atoms with Crippen LogP contribution < -0.4 is 0 Å². The second-order valence-corrected chi connectivity index (χ2v) is 7.51. The number of hydrogen-bond acceptors (Lipinski definition) is 3. The number of likely N-dealkylation sites (tertiary alicyclic amines) is 1. The summed E-state index contributed by atoms with van der Waals surface area (Å²) in [7, 11) is 0. The number of amides is 1. The molecule has 1 unspecified atom stereocenters. The minimum Gasteiger partial charge on any atom is -0.330 e. The Kier molecular flexibility index (Phi) is 5.58. The third-order valence-corrected chi connectivity index (χ3v) is 5.48. The van der Waals surface area contributed by atoms with Gasteiger partial charge in [0.05, 0.1) is 18.8 Å². The van der Waals surface area contributed by atoms with Crippen molar-refractivity contribution >= 4 is 17.5 Å². The van der Waals surface area contributed by atoms with Crippen LogP contribution in [-0.2, 0) is 6.54 Å². The smallest absolute Gasteiger partial charge is 0.276 e. The van der Waals surface area contributed by atoms with Crippen LogP contribution in [0, 0.1) is 11.6 Å². The lowest BCUT2D eigenvalue weighted by atomic mass is 9.95. The van der Waals surface area contributed by atoms with E-state index in [2.05, 4.69) is 10.3 Å². The van der Waals surface area contributed by atoms with Crippen LogP contribution in [0.15, 0.2) is 48.7 Å². The minimum absolute atomic E-state index is 0.117. The lowest BCUT2D eigenvalue weighted by Crippen LogP contribution is -2.38. The molecule has 0 saturated carbocycles. The zero-order valence-corrected chi connectivity index (χ0v) is 16.3. The van der Waals surface area contributed by atoms with Gasteiger partial charge in [0.2, 0.25) is 0 Å². The average molecular weight is 417 g/mol. The van der Waals surface area contributed by atoms with Crippen molar-refractivity contribution < 1.29 is 13.6 Å². The molecule has 4 rings (SSSR count). The average Bonchev–Trinajstić information content (AvgIpc) is 3.19. The van der Waals surface area contributed by atoms with Crippen LogP contribution in [-0.4, -0.2) is 32.3 Å². The third kappa shape index (κ3) is 4.29. The quantitative estimate of drug-likeness (QED) is 0.623. The van der Waals surface area contributed by atoms with E-state index in [4.69, 9.17) is 11.6 Å². The third-order valence-electron chi connectivity index (χ3n) is 5.12. The molecule has 5 nitrogen and oxygen atoms in total. The number of aromatic nitrogens is 3. The van der Waals surface area contributed by atoms with Gasteiger partial charge < -0.3 is 4.90 Å². The fraction of sp³-hybridized carbons (Fsp3) is 0.286. The molecule has 29 heavy (non-hydrogen) atoms. The molecule has 0 radical (unpaired) electrons. The lowest BCUT2D eigenvalue weighted by molar-refractivity contribution is 0.0605. The van der Waals surface area contributed by atoms with Crippen LogP contribution in [0.3, 0.4) is 0 Å². The summed E-state index contributed by atoms with van der Waals surface area (Å²) in [6.07, 6.45) is 4.29. The minimum atomic E-state index is -0.412. The van der Waals surface area contributed by atoms with Crippen molar-refractivity contribution in [1.82, 2.24) is 19.9 Å². The molecule has 1 aliphatic rings. The monoisotopic (exact) mass is 416 g/mol. The van der Waals surface area contributed by atoms with Crippen LogP contribution in [0.25, 0.3) is 0 Å². The summed E-state index contributed by atoms with van der Waals surface area (Å²) < 4.78 is 28.0. The summed E-state index contributed by atoms with van der Waals surface area (Å²) in [4.78, 5) is 14.9. The predicted octanol–water partition coefficient (Wildman–Crippen LogP) is 4.63. The van der Waals surface area contributed by atoms with Crippen LogP contribution in [0.5, 0.6) is 0 Å². The van der Waals surface area contributed by atoms with Crippen molar-refractivity contribution in [2.45, 2.75) is 31.8 Å². The number of nitrogens with zero attached hydrogens (tertiary/aromatic N) is 4. The zero-order chi connectivity index (χ0) is 20.4. The highest BCUT2D eigenvalue weighted by Crippen LogP contribution is 2.32. The first-order valence-electron chi connectivity index (χ1n) is 9.42. The first-order valence-corrected chi connectivity index (χ1v) is 9.79. The molecule has 0 bridgehead atoms. The van der Waals surface area contributed by atoms with Gasteiger partial charge in [-0.05, 0) is 54.7 Å². The summed E-state index contributed by atoms with van der Waals surface area (Å²) >= 11 is 6.07. The van der Waals surface area contributed by atoms with Gasteiger partial charge in [-0.1, -0.05) is 35.0 Å². The van der Waals surface area contributed by atoms with Crippen molar-refractivity contribution in [3.63, 3.8) is 0 Å². The molecule has 1 saturated heterocycles. The maximum absolute atomic E-state index is 13.3. The molecule has 150 valence electrons. The molecule has 2 heterocycles. The summed E-state index contributed by atoms with van der Waals surface area (Å²) in [6.45, 7) is 0.887. The maximum Gasteiger partial charge on any atom is 0.276 e. The molecular weight excluding hydrogens is 398 g/mol. The molecule has 8 heteroatoms. The molecule has 1 aliphatic heterocycles. The second-order valence-electron chi connectivity index (χ2n) is 7.10. The highest BCUT2D eigenvalue weighted by molar-refractivity contribution is 6.31. The Morgan fingerprint density at radius 1 is 1.10 bits per heavy atom. The zero-order valence-electron chi connectivity index (χ0n) is 15.6. The Balaban J connectivity index is 1.53. The van der Waals surface area contributed by atoms with E-state index in [1.807, 2.05) is 0 Å². The molecule has 1 fully saturated rings. The van der Waals surface area contributed by atoms with Gasteiger partial charge in [-0.25, -0.2) is 13.5 Å². The second kappa shape index (κ2) is 8.29. The number of piperidine rings is 1. The number of halogens is 3. The van der Waals surface area contributed by atoms with Crippen LogP contribution >= 0.6 is 11.6 Å². The van der Waals surface area contributed by atoms with Gasteiger partial charge in [0, 0.05) is 11.6 Å². The molecule has 2 aromatic carbocycles. The number of carbonyl (C=O) groups excluding carboxylic acids is 1. The van der Waals surface area contributed by atoms with Crippen LogP contribution in [0.1, 0.15) is 46.9 Å². The fourth-order valence-corrected chi connectivity index (χ4v) is 3.88. The molecular formula is C21H19ClF2N4O. The number of hydrogen-bond donors (Lipinski definition) is 0. The molecule has 0 spiro atoms. The molecule has 0 aliphatic carbocycles. The van der Waals surface area contributed by atoms with E-state index in [0.29, 0.717) is 17.1 Å². The van der Waals surface area contributed by atoms with Gasteiger partial charge in [0.15, 0.2) is 5.69 Å². The largest absolute Gasteiger partial charge is 0.330 e. The van der Waals surface area contributed by atoms with Gasteiger partial charge >= 0.3 is 0 Å². The van der Waals surface area contributed by atoms with Crippen molar-refractivity contribution in [3.8, 4) is 0 Å². The Labute approximate surface area is 171 Å². The van der Waals surface area contributed by atoms with Crippen molar-refractivity contribution in [2.75, 3.05) is 6.54 Å².